The van der Waals surface area contributed by atoms with Crippen LogP contribution in [0.3, 0.4) is 0 Å². The number of carbonyl (C=O) groups is 1. The lowest BCUT2D eigenvalue weighted by Crippen LogP contribution is -2.15. The zero-order valence-electron chi connectivity index (χ0n) is 15.5. The number of ether oxygens (including phenoxy) is 1. The molecule has 3 aromatic rings. The van der Waals surface area contributed by atoms with Gasteiger partial charge in [-0.1, -0.05) is 17.2 Å². The Morgan fingerprint density at radius 3 is 2.39 bits per heavy atom. The van der Waals surface area contributed by atoms with Crippen LogP contribution in [0.5, 0.6) is 5.75 Å². The number of amides is 1. The number of carbonyl (C=O) groups excluding carboxylic acids is 1. The molecule has 0 aliphatic rings. The predicted octanol–water partition coefficient (Wildman–Crippen LogP) is 3.18. The Labute approximate surface area is 162 Å². The molecule has 0 bridgehead atoms. The first-order chi connectivity index (χ1) is 13.3. The minimum Gasteiger partial charge on any atom is -0.496 e. The van der Waals surface area contributed by atoms with Crippen molar-refractivity contribution in [1.29, 1.82) is 0 Å². The maximum Gasteiger partial charge on any atom is 0.322 e. The molecule has 0 unspecified atom stereocenters. The van der Waals surface area contributed by atoms with Crippen LogP contribution in [0.1, 0.15) is 24.2 Å². The number of hydrogen-bond donors (Lipinski definition) is 1. The molecule has 0 saturated heterocycles. The number of methoxy groups -OCH3 is 1. The predicted molar refractivity (Wildman–Crippen MR) is 103 cm³/mol. The number of nitrogens with zero attached hydrogens (tertiary/aromatic N) is 2. The van der Waals surface area contributed by atoms with E-state index in [1.807, 2.05) is 6.07 Å². The van der Waals surface area contributed by atoms with Gasteiger partial charge in [-0.05, 0) is 50.2 Å². The molecule has 3 rings (SSSR count). The number of nitrogens with one attached hydrogen (secondary N) is 1. The van der Waals surface area contributed by atoms with E-state index in [-0.39, 0.29) is 22.4 Å². The molecule has 9 heteroatoms. The van der Waals surface area contributed by atoms with Gasteiger partial charge in [0.15, 0.2) is 9.84 Å². The molecule has 0 atom stereocenters. The Morgan fingerprint density at radius 2 is 1.75 bits per heavy atom. The van der Waals surface area contributed by atoms with Gasteiger partial charge in [0.25, 0.3) is 11.8 Å². The maximum absolute atomic E-state index is 12.4. The molecular formula is C19H19N3O5S. The molecule has 1 N–H and O–H groups in total. The van der Waals surface area contributed by atoms with E-state index in [1.165, 1.54) is 31.4 Å². The normalized spacial score (nSPS) is 11.4. The zero-order chi connectivity index (χ0) is 20.3. The molecule has 0 spiro atoms. The van der Waals surface area contributed by atoms with Crippen molar-refractivity contribution in [2.24, 2.45) is 0 Å². The topological polar surface area (TPSA) is 111 Å². The quantitative estimate of drug-likeness (QED) is 0.675. The van der Waals surface area contributed by atoms with Crippen molar-refractivity contribution in [2.75, 3.05) is 12.4 Å². The number of para-hydroxylation sites is 1. The second-order valence-electron chi connectivity index (χ2n) is 6.18. The third-order valence-electron chi connectivity index (χ3n) is 4.05. The fourth-order valence-corrected chi connectivity index (χ4v) is 3.50. The molecule has 28 heavy (non-hydrogen) atoms. The zero-order valence-corrected chi connectivity index (χ0v) is 16.4. The van der Waals surface area contributed by atoms with E-state index in [0.717, 1.165) is 0 Å². The summed E-state index contributed by atoms with van der Waals surface area (Å²) in [7, 11) is -1.87. The Balaban J connectivity index is 1.76. The average Bonchev–Trinajstić information content (AvgIpc) is 3.16. The van der Waals surface area contributed by atoms with Crippen molar-refractivity contribution in [1.82, 2.24) is 10.2 Å². The lowest BCUT2D eigenvalue weighted by Gasteiger charge is -2.08. The molecule has 146 valence electrons. The highest BCUT2D eigenvalue weighted by molar-refractivity contribution is 7.92. The van der Waals surface area contributed by atoms with Gasteiger partial charge in [0.05, 0.1) is 22.8 Å². The molecular weight excluding hydrogens is 382 g/mol. The number of rotatable bonds is 6. The molecule has 2 aromatic carbocycles. The van der Waals surface area contributed by atoms with Gasteiger partial charge >= 0.3 is 6.01 Å². The molecule has 0 aliphatic heterocycles. The van der Waals surface area contributed by atoms with Gasteiger partial charge in [-0.25, -0.2) is 8.42 Å². The minimum atomic E-state index is -3.40. The van der Waals surface area contributed by atoms with Gasteiger partial charge < -0.3 is 9.15 Å². The Morgan fingerprint density at radius 1 is 1.07 bits per heavy atom. The van der Waals surface area contributed by atoms with Crippen LogP contribution in [0.25, 0.3) is 11.5 Å². The highest BCUT2D eigenvalue weighted by Crippen LogP contribution is 2.29. The SMILES string of the molecule is COc1ccccc1-c1nnc(NC(=O)c2ccc(S(=O)(=O)C(C)C)cc2)o1. The summed E-state index contributed by atoms with van der Waals surface area (Å²) in [6.07, 6.45) is 0. The van der Waals surface area contributed by atoms with Crippen molar-refractivity contribution in [3.63, 3.8) is 0 Å². The fourth-order valence-electron chi connectivity index (χ4n) is 2.44. The van der Waals surface area contributed by atoms with Crippen LogP contribution in [-0.2, 0) is 9.84 Å². The van der Waals surface area contributed by atoms with Crippen molar-refractivity contribution < 1.29 is 22.4 Å². The van der Waals surface area contributed by atoms with Crippen molar-refractivity contribution >= 4 is 21.8 Å². The summed E-state index contributed by atoms with van der Waals surface area (Å²) in [4.78, 5) is 12.5. The number of sulfone groups is 1. The highest BCUT2D eigenvalue weighted by Gasteiger charge is 2.20. The minimum absolute atomic E-state index is 0.0789. The summed E-state index contributed by atoms with van der Waals surface area (Å²) in [5.74, 6) is 0.265. The second-order valence-corrected chi connectivity index (χ2v) is 8.69. The maximum atomic E-state index is 12.4. The van der Waals surface area contributed by atoms with Gasteiger partial charge in [-0.2, -0.15) is 0 Å². The van der Waals surface area contributed by atoms with Crippen LogP contribution in [0, 0.1) is 0 Å². The summed E-state index contributed by atoms with van der Waals surface area (Å²) in [5.41, 5.74) is 0.862. The van der Waals surface area contributed by atoms with Crippen LogP contribution < -0.4 is 10.1 Å². The van der Waals surface area contributed by atoms with E-state index >= 15 is 0 Å². The fraction of sp³-hybridized carbons (Fsp3) is 0.211. The summed E-state index contributed by atoms with van der Waals surface area (Å²) in [5, 5.41) is 9.69. The molecule has 8 nitrogen and oxygen atoms in total. The van der Waals surface area contributed by atoms with E-state index in [4.69, 9.17) is 9.15 Å². The van der Waals surface area contributed by atoms with Crippen LogP contribution in [0.15, 0.2) is 57.8 Å². The molecule has 0 aliphatic carbocycles. The van der Waals surface area contributed by atoms with Gasteiger partial charge in [0.2, 0.25) is 0 Å². The van der Waals surface area contributed by atoms with Crippen LogP contribution in [0.4, 0.5) is 6.01 Å². The van der Waals surface area contributed by atoms with Gasteiger partial charge in [-0.15, -0.1) is 5.10 Å². The summed E-state index contributed by atoms with van der Waals surface area (Å²) < 4.78 is 35.0. The van der Waals surface area contributed by atoms with E-state index in [1.54, 1.807) is 32.0 Å². The van der Waals surface area contributed by atoms with Gasteiger partial charge in [-0.3, -0.25) is 10.1 Å². The second kappa shape index (κ2) is 7.81. The molecule has 0 radical (unpaired) electrons. The third-order valence-corrected chi connectivity index (χ3v) is 6.22. The average molecular weight is 401 g/mol. The number of aromatic nitrogens is 2. The van der Waals surface area contributed by atoms with Crippen molar-refractivity contribution in [3.05, 3.63) is 54.1 Å². The first-order valence-electron chi connectivity index (χ1n) is 8.45. The third kappa shape index (κ3) is 3.89. The monoisotopic (exact) mass is 401 g/mol. The Kier molecular flexibility index (Phi) is 5.46. The molecule has 1 amide bonds. The van der Waals surface area contributed by atoms with Gasteiger partial charge in [0.1, 0.15) is 5.75 Å². The number of hydrogen-bond acceptors (Lipinski definition) is 7. The van der Waals surface area contributed by atoms with Crippen LogP contribution >= 0.6 is 0 Å². The molecule has 0 saturated carbocycles. The van der Waals surface area contributed by atoms with E-state index in [2.05, 4.69) is 15.5 Å². The lowest BCUT2D eigenvalue weighted by molar-refractivity contribution is 0.102. The lowest BCUT2D eigenvalue weighted by atomic mass is 10.2. The van der Waals surface area contributed by atoms with E-state index in [9.17, 15) is 13.2 Å². The Bertz CT molecular complexity index is 1090. The van der Waals surface area contributed by atoms with Crippen molar-refractivity contribution in [2.45, 2.75) is 24.0 Å². The number of anilines is 1. The smallest absolute Gasteiger partial charge is 0.322 e. The largest absolute Gasteiger partial charge is 0.496 e. The van der Waals surface area contributed by atoms with Crippen LogP contribution in [0.2, 0.25) is 0 Å². The standard InChI is InChI=1S/C19H19N3O5S/c1-12(2)28(24,25)14-10-8-13(9-11-14)17(23)20-19-22-21-18(27-19)15-6-4-5-7-16(15)26-3/h4-12H,1-3H3,(H,20,22,23). The highest BCUT2D eigenvalue weighted by atomic mass is 32.2. The number of benzene rings is 2. The van der Waals surface area contributed by atoms with Gasteiger partial charge in [0, 0.05) is 5.56 Å². The van der Waals surface area contributed by atoms with Crippen molar-refractivity contribution in [3.8, 4) is 17.2 Å². The van der Waals surface area contributed by atoms with E-state index in [0.29, 0.717) is 11.3 Å². The summed E-state index contributed by atoms with van der Waals surface area (Å²) >= 11 is 0. The molecule has 1 heterocycles. The molecule has 1 aromatic heterocycles. The summed E-state index contributed by atoms with van der Waals surface area (Å²) in [6, 6.07) is 12.7. The first kappa shape index (κ1) is 19.6. The molecule has 0 fully saturated rings. The first-order valence-corrected chi connectivity index (χ1v) is 9.99. The van der Waals surface area contributed by atoms with E-state index < -0.39 is 21.0 Å². The summed E-state index contributed by atoms with van der Waals surface area (Å²) in [6.45, 7) is 3.20. The Hall–Kier alpha value is -3.20. The van der Waals surface area contributed by atoms with Crippen LogP contribution in [-0.4, -0.2) is 36.9 Å².